The van der Waals surface area contributed by atoms with Crippen LogP contribution < -0.4 is 11.1 Å². The van der Waals surface area contributed by atoms with E-state index >= 15 is 0 Å². The van der Waals surface area contributed by atoms with Crippen molar-refractivity contribution in [2.45, 2.75) is 13.8 Å². The summed E-state index contributed by atoms with van der Waals surface area (Å²) in [7, 11) is 1.19. The monoisotopic (exact) mass is 246 g/mol. The van der Waals surface area contributed by atoms with Crippen LogP contribution in [0.2, 0.25) is 0 Å². The van der Waals surface area contributed by atoms with Crippen molar-refractivity contribution in [3.8, 4) is 0 Å². The molecule has 0 aromatic rings. The first-order chi connectivity index (χ1) is 7.43. The minimum Gasteiger partial charge on any atom is -0.465 e. The molecule has 0 aliphatic carbocycles. The van der Waals surface area contributed by atoms with Gasteiger partial charge in [-0.25, -0.2) is 9.59 Å². The molecule has 3 N–H and O–H groups in total. The molecule has 0 aromatic heterocycles. The van der Waals surface area contributed by atoms with Crippen LogP contribution >= 0.6 is 12.2 Å². The first-order valence-corrected chi connectivity index (χ1v) is 4.87. The highest BCUT2D eigenvalue weighted by Crippen LogP contribution is 2.03. The highest BCUT2D eigenvalue weighted by atomic mass is 32.1. The molecule has 90 valence electrons. The molecule has 0 fully saturated rings. The highest BCUT2D eigenvalue weighted by Gasteiger charge is 2.19. The number of hydrogen-bond acceptors (Lipinski definition) is 6. The Morgan fingerprint density at radius 2 is 2.00 bits per heavy atom. The number of amides is 1. The Hall–Kier alpha value is -1.63. The zero-order valence-corrected chi connectivity index (χ0v) is 10.1. The highest BCUT2D eigenvalue weighted by molar-refractivity contribution is 7.80. The molecular weight excluding hydrogens is 232 g/mol. The Morgan fingerprint density at radius 1 is 1.44 bits per heavy atom. The predicted molar refractivity (Wildman–Crippen MR) is 61.7 cm³/mol. The van der Waals surface area contributed by atoms with Crippen LogP contribution in [0.5, 0.6) is 0 Å². The summed E-state index contributed by atoms with van der Waals surface area (Å²) >= 11 is 4.83. The summed E-state index contributed by atoms with van der Waals surface area (Å²) in [4.78, 5) is 22.2. The number of methoxy groups -OCH3 is 1. The van der Waals surface area contributed by atoms with Gasteiger partial charge in [-0.1, -0.05) is 12.2 Å². The lowest BCUT2D eigenvalue weighted by Crippen LogP contribution is -2.34. The largest absolute Gasteiger partial charge is 0.465 e. The lowest BCUT2D eigenvalue weighted by Gasteiger charge is -2.10. The second kappa shape index (κ2) is 6.78. The number of esters is 1. The summed E-state index contributed by atoms with van der Waals surface area (Å²) in [6.45, 7) is 3.33. The van der Waals surface area contributed by atoms with E-state index in [0.717, 1.165) is 0 Å². The molecule has 0 unspecified atom stereocenters. The summed E-state index contributed by atoms with van der Waals surface area (Å²) in [5.41, 5.74) is 5.57. The van der Waals surface area contributed by atoms with Gasteiger partial charge in [0.2, 0.25) is 0 Å². The quantitative estimate of drug-likeness (QED) is 0.427. The van der Waals surface area contributed by atoms with Crippen molar-refractivity contribution in [3.05, 3.63) is 11.3 Å². The minimum absolute atomic E-state index is 0.0504. The zero-order chi connectivity index (χ0) is 12.7. The second-order valence-corrected chi connectivity index (χ2v) is 3.13. The van der Waals surface area contributed by atoms with Crippen LogP contribution in [-0.2, 0) is 14.3 Å². The van der Waals surface area contributed by atoms with Crippen molar-refractivity contribution in [2.24, 2.45) is 5.73 Å². The lowest BCUT2D eigenvalue weighted by molar-refractivity contribution is -0.135. The van der Waals surface area contributed by atoms with Crippen LogP contribution in [0, 0.1) is 0 Å². The van der Waals surface area contributed by atoms with Crippen molar-refractivity contribution in [1.82, 2.24) is 5.32 Å². The van der Waals surface area contributed by atoms with Gasteiger partial charge in [-0.2, -0.15) is 0 Å². The molecule has 16 heavy (non-hydrogen) atoms. The van der Waals surface area contributed by atoms with Crippen molar-refractivity contribution < 1.29 is 19.1 Å². The van der Waals surface area contributed by atoms with E-state index in [2.05, 4.69) is 14.8 Å². The van der Waals surface area contributed by atoms with Crippen LogP contribution in [0.3, 0.4) is 0 Å². The lowest BCUT2D eigenvalue weighted by atomic mass is 10.2. The van der Waals surface area contributed by atoms with Crippen LogP contribution in [0.15, 0.2) is 11.3 Å². The fourth-order valence-electron chi connectivity index (χ4n) is 0.857. The topological polar surface area (TPSA) is 90.6 Å². The van der Waals surface area contributed by atoms with Gasteiger partial charge in [0.05, 0.1) is 13.7 Å². The predicted octanol–water partition coefficient (Wildman–Crippen LogP) is 0.466. The van der Waals surface area contributed by atoms with Gasteiger partial charge in [-0.05, 0) is 13.8 Å². The molecule has 7 heteroatoms. The van der Waals surface area contributed by atoms with Gasteiger partial charge in [0.25, 0.3) is 0 Å². The van der Waals surface area contributed by atoms with Crippen molar-refractivity contribution in [3.63, 3.8) is 0 Å². The van der Waals surface area contributed by atoms with E-state index in [0.29, 0.717) is 0 Å². The van der Waals surface area contributed by atoms with E-state index in [1.54, 1.807) is 6.92 Å². The summed E-state index contributed by atoms with van der Waals surface area (Å²) in [5.74, 6) is -0.707. The molecule has 0 radical (unpaired) electrons. The average Bonchev–Trinajstić information content (AvgIpc) is 2.17. The number of nitrogens with one attached hydrogen (secondary N) is 1. The zero-order valence-electron chi connectivity index (χ0n) is 9.33. The van der Waals surface area contributed by atoms with Crippen molar-refractivity contribution >= 4 is 29.3 Å². The van der Waals surface area contributed by atoms with E-state index in [1.165, 1.54) is 14.0 Å². The van der Waals surface area contributed by atoms with Crippen LogP contribution in [0.25, 0.3) is 0 Å². The standard InChI is InChI=1S/C9H14N2O4S/c1-4-15-9(13)11-7(16)6(5(2)10)8(12)14-3/h4,10H2,1-3H3,(H,11,13,16)/b6-5+. The second-order valence-electron chi connectivity index (χ2n) is 2.72. The van der Waals surface area contributed by atoms with Gasteiger partial charge in [0.1, 0.15) is 10.6 Å². The van der Waals surface area contributed by atoms with E-state index < -0.39 is 12.1 Å². The minimum atomic E-state index is -0.741. The van der Waals surface area contributed by atoms with Gasteiger partial charge in [0, 0.05) is 5.70 Å². The van der Waals surface area contributed by atoms with E-state index in [-0.39, 0.29) is 22.9 Å². The van der Waals surface area contributed by atoms with Gasteiger partial charge in [0.15, 0.2) is 0 Å². The fourth-order valence-corrected chi connectivity index (χ4v) is 1.18. The van der Waals surface area contributed by atoms with Gasteiger partial charge < -0.3 is 15.2 Å². The summed E-state index contributed by atoms with van der Waals surface area (Å²) < 4.78 is 9.08. The molecule has 0 bridgehead atoms. The third kappa shape index (κ3) is 4.26. The molecule has 0 heterocycles. The third-order valence-electron chi connectivity index (χ3n) is 1.50. The smallest absolute Gasteiger partial charge is 0.412 e. The molecule has 6 nitrogen and oxygen atoms in total. The fraction of sp³-hybridized carbons (Fsp3) is 0.444. The van der Waals surface area contributed by atoms with E-state index in [1.807, 2.05) is 0 Å². The number of carbonyl (C=O) groups is 2. The normalized spacial score (nSPS) is 11.2. The van der Waals surface area contributed by atoms with E-state index in [4.69, 9.17) is 18.0 Å². The van der Waals surface area contributed by atoms with Crippen LogP contribution in [0.1, 0.15) is 13.8 Å². The maximum atomic E-state index is 11.3. The Labute approximate surface area is 98.8 Å². The molecule has 0 aromatic carbocycles. The molecule has 0 rings (SSSR count). The van der Waals surface area contributed by atoms with Gasteiger partial charge in [-0.15, -0.1) is 0 Å². The number of nitrogens with two attached hydrogens (primary N) is 1. The molecular formula is C9H14N2O4S. The van der Waals surface area contributed by atoms with Crippen LogP contribution in [-0.4, -0.2) is 30.8 Å². The molecule has 0 saturated carbocycles. The maximum absolute atomic E-state index is 11.3. The number of carbonyl (C=O) groups excluding carboxylic acids is 2. The maximum Gasteiger partial charge on any atom is 0.412 e. The third-order valence-corrected chi connectivity index (χ3v) is 1.81. The number of alkyl carbamates (subject to hydrolysis) is 1. The number of thiocarbonyl (C=S) groups is 1. The molecule has 1 amide bonds. The van der Waals surface area contributed by atoms with Gasteiger partial charge >= 0.3 is 12.1 Å². The number of rotatable bonds is 3. The summed E-state index contributed by atoms with van der Waals surface area (Å²) in [5, 5.41) is 2.21. The van der Waals surface area contributed by atoms with Crippen molar-refractivity contribution in [2.75, 3.05) is 13.7 Å². The van der Waals surface area contributed by atoms with Gasteiger partial charge in [-0.3, -0.25) is 5.32 Å². The molecule has 0 atom stereocenters. The molecule has 0 aliphatic heterocycles. The summed E-state index contributed by atoms with van der Waals surface area (Å²) in [6, 6.07) is 0. The molecule has 0 spiro atoms. The Balaban J connectivity index is 4.74. The van der Waals surface area contributed by atoms with Crippen molar-refractivity contribution in [1.29, 1.82) is 0 Å². The number of hydrogen-bond donors (Lipinski definition) is 2. The molecule has 0 saturated heterocycles. The average molecular weight is 246 g/mol. The Bertz CT molecular complexity index is 334. The first-order valence-electron chi connectivity index (χ1n) is 4.46. The Kier molecular flexibility index (Phi) is 6.09. The SMILES string of the molecule is CCOC(=O)NC(=S)/C(C(=O)OC)=C(/C)N. The number of allylic oxidation sites excluding steroid dienone is 1. The molecule has 0 aliphatic rings. The first kappa shape index (κ1) is 14.4. The summed E-state index contributed by atoms with van der Waals surface area (Å²) in [6.07, 6.45) is -0.741. The number of ether oxygens (including phenoxy) is 2. The van der Waals surface area contributed by atoms with E-state index in [9.17, 15) is 9.59 Å². The van der Waals surface area contributed by atoms with Crippen LogP contribution in [0.4, 0.5) is 4.79 Å². The Morgan fingerprint density at radius 3 is 2.38 bits per heavy atom.